The molecule has 7 heterocycles. The Bertz CT molecular complexity index is 2050. The van der Waals surface area contributed by atoms with Crippen molar-refractivity contribution in [2.24, 2.45) is 5.92 Å². The SMILES string of the molecule is Nc1nc2c(ncn2[C@@H]2O[C@@H]3COP(=O)(O)OC4C5C(O[C@@H]4CO[P@@](=O)(S)OC2C3O)[C@H]5n2cnc3c(N)nc(Cl)nc32)c(=O)[nH]1. The summed E-state index contributed by atoms with van der Waals surface area (Å²) in [5.74, 6) is -0.692. The summed E-state index contributed by atoms with van der Waals surface area (Å²) in [6, 6.07) is -0.465. The zero-order valence-electron chi connectivity index (χ0n) is 22.8. The third-order valence-corrected chi connectivity index (χ3v) is 10.9. The molecule has 0 radical (unpaired) electrons. The lowest BCUT2D eigenvalue weighted by Gasteiger charge is -2.28. The van der Waals surface area contributed by atoms with Gasteiger partial charge in [-0.05, 0) is 11.6 Å². The van der Waals surface area contributed by atoms with E-state index in [9.17, 15) is 23.9 Å². The number of hydrogen-bond donors (Lipinski definition) is 6. The number of aromatic nitrogens is 8. The maximum Gasteiger partial charge on any atom is 0.472 e. The fraction of sp³-hybridized carbons (Fsp3) is 0.524. The maximum atomic E-state index is 13.5. The molecule has 11 atom stereocenters. The van der Waals surface area contributed by atoms with Gasteiger partial charge in [0.2, 0.25) is 11.2 Å². The zero-order valence-corrected chi connectivity index (χ0v) is 26.3. The van der Waals surface area contributed by atoms with Gasteiger partial charge in [-0.2, -0.15) is 15.0 Å². The van der Waals surface area contributed by atoms with Gasteiger partial charge in [-0.1, -0.05) is 12.2 Å². The lowest BCUT2D eigenvalue weighted by atomic mass is 10.1. The molecule has 3 saturated heterocycles. The molecule has 0 aromatic carbocycles. The van der Waals surface area contributed by atoms with Crippen molar-refractivity contribution in [2.45, 2.75) is 48.9 Å². The molecule has 246 valence electrons. The first-order valence-electron chi connectivity index (χ1n) is 13.5. The van der Waals surface area contributed by atoms with Crippen LogP contribution in [0.1, 0.15) is 12.3 Å². The minimum Gasteiger partial charge on any atom is -0.387 e. The summed E-state index contributed by atoms with van der Waals surface area (Å²) in [7, 11) is -4.86. The summed E-state index contributed by atoms with van der Waals surface area (Å²) in [6.45, 7) is -5.45. The largest absolute Gasteiger partial charge is 0.472 e. The van der Waals surface area contributed by atoms with E-state index in [1.165, 1.54) is 17.2 Å². The highest BCUT2D eigenvalue weighted by atomic mass is 35.5. The van der Waals surface area contributed by atoms with Crippen LogP contribution in [0.5, 0.6) is 0 Å². The van der Waals surface area contributed by atoms with E-state index in [-0.39, 0.29) is 28.2 Å². The molecule has 8 rings (SSSR count). The molecular formula is C21H23ClN10O11P2S. The van der Waals surface area contributed by atoms with Crippen LogP contribution in [0.2, 0.25) is 5.28 Å². The van der Waals surface area contributed by atoms with Crippen LogP contribution in [0.3, 0.4) is 0 Å². The van der Waals surface area contributed by atoms with E-state index in [0.29, 0.717) is 11.2 Å². The van der Waals surface area contributed by atoms with Gasteiger partial charge >= 0.3 is 14.6 Å². The number of nitrogens with one attached hydrogen (secondary N) is 1. The number of nitrogens with zero attached hydrogens (tertiary/aromatic N) is 7. The van der Waals surface area contributed by atoms with Crippen molar-refractivity contribution < 1.29 is 46.7 Å². The normalized spacial score (nSPS) is 39.4. The van der Waals surface area contributed by atoms with E-state index >= 15 is 0 Å². The molecule has 25 heteroatoms. The Morgan fingerprint density at radius 1 is 0.957 bits per heavy atom. The molecule has 2 bridgehead atoms. The molecule has 4 fully saturated rings. The number of rotatable bonds is 2. The van der Waals surface area contributed by atoms with Gasteiger partial charge in [0.05, 0.1) is 38.0 Å². The van der Waals surface area contributed by atoms with Crippen molar-refractivity contribution in [3.05, 3.63) is 28.3 Å². The fourth-order valence-electron chi connectivity index (χ4n) is 6.14. The van der Waals surface area contributed by atoms with Crippen molar-refractivity contribution in [2.75, 3.05) is 24.7 Å². The molecule has 1 aliphatic carbocycles. The molecule has 21 nitrogen and oxygen atoms in total. The lowest BCUT2D eigenvalue weighted by Crippen LogP contribution is -2.35. The number of H-pyrrole nitrogens is 1. The number of anilines is 2. The zero-order chi connectivity index (χ0) is 32.3. The summed E-state index contributed by atoms with van der Waals surface area (Å²) in [5.41, 5.74) is 11.4. The van der Waals surface area contributed by atoms with E-state index in [2.05, 4.69) is 42.2 Å². The number of aromatic amines is 1. The van der Waals surface area contributed by atoms with Crippen molar-refractivity contribution in [3.8, 4) is 0 Å². The van der Waals surface area contributed by atoms with Gasteiger partial charge in [0.15, 0.2) is 28.9 Å². The summed E-state index contributed by atoms with van der Waals surface area (Å²) in [4.78, 5) is 45.8. The smallest absolute Gasteiger partial charge is 0.387 e. The Labute approximate surface area is 265 Å². The molecule has 4 aromatic rings. The summed E-state index contributed by atoms with van der Waals surface area (Å²) >= 11 is 10.1. The number of thiol groups is 1. The molecular weight excluding hydrogens is 698 g/mol. The van der Waals surface area contributed by atoms with E-state index in [4.69, 9.17) is 50.6 Å². The highest BCUT2D eigenvalue weighted by Crippen LogP contribution is 2.63. The second kappa shape index (κ2) is 10.6. The number of nitrogens with two attached hydrogens (primary N) is 2. The number of ether oxygens (including phenoxy) is 2. The van der Waals surface area contributed by atoms with Crippen LogP contribution in [-0.4, -0.2) is 98.9 Å². The van der Waals surface area contributed by atoms with Crippen LogP contribution in [0.15, 0.2) is 17.4 Å². The Kier molecular flexibility index (Phi) is 7.08. The van der Waals surface area contributed by atoms with Crippen LogP contribution in [0.25, 0.3) is 22.3 Å². The third-order valence-electron chi connectivity index (χ3n) is 8.14. The first kappa shape index (κ1) is 30.6. The number of nitrogen functional groups attached to an aromatic ring is 2. The van der Waals surface area contributed by atoms with E-state index in [1.54, 1.807) is 4.57 Å². The van der Waals surface area contributed by atoms with Gasteiger partial charge in [-0.15, -0.1) is 0 Å². The minimum atomic E-state index is -4.86. The molecule has 6 unspecified atom stereocenters. The van der Waals surface area contributed by atoms with Crippen LogP contribution in [0, 0.1) is 5.92 Å². The molecule has 0 spiro atoms. The van der Waals surface area contributed by atoms with Crippen LogP contribution >= 0.6 is 38.5 Å². The van der Waals surface area contributed by atoms with Gasteiger partial charge in [0.1, 0.15) is 36.0 Å². The Hall–Kier alpha value is -2.72. The summed E-state index contributed by atoms with van der Waals surface area (Å²) in [6.07, 6.45) is -5.85. The summed E-state index contributed by atoms with van der Waals surface area (Å²) in [5, 5.41) is 11.0. The number of fused-ring (bicyclic) bond motifs is 7. The molecule has 1 saturated carbocycles. The number of halogens is 1. The van der Waals surface area contributed by atoms with Gasteiger partial charge in [-0.3, -0.25) is 32.4 Å². The van der Waals surface area contributed by atoms with Crippen LogP contribution in [-0.2, 0) is 36.7 Å². The van der Waals surface area contributed by atoms with E-state index in [1.807, 2.05) is 0 Å². The number of aliphatic hydroxyl groups is 1. The van der Waals surface area contributed by atoms with Crippen LogP contribution in [0.4, 0.5) is 11.8 Å². The third kappa shape index (κ3) is 5.04. The van der Waals surface area contributed by atoms with Crippen molar-refractivity contribution in [3.63, 3.8) is 0 Å². The number of hydrogen-bond acceptors (Lipinski definition) is 17. The number of phosphoric ester groups is 1. The molecule has 4 aromatic heterocycles. The predicted molar refractivity (Wildman–Crippen MR) is 156 cm³/mol. The van der Waals surface area contributed by atoms with Crippen LogP contribution < -0.4 is 17.0 Å². The van der Waals surface area contributed by atoms with Crippen molar-refractivity contribution in [1.82, 2.24) is 39.0 Å². The monoisotopic (exact) mass is 720 g/mol. The fourth-order valence-corrected chi connectivity index (χ4v) is 8.75. The average molecular weight is 721 g/mol. The Morgan fingerprint density at radius 2 is 1.67 bits per heavy atom. The van der Waals surface area contributed by atoms with E-state index in [0.717, 1.165) is 0 Å². The highest BCUT2D eigenvalue weighted by molar-refractivity contribution is 8.44. The molecule has 7 N–H and O–H groups in total. The Balaban J connectivity index is 1.08. The number of phosphoric acid groups is 1. The highest BCUT2D eigenvalue weighted by Gasteiger charge is 2.67. The second-order valence-corrected chi connectivity index (χ2v) is 15.5. The second-order valence-electron chi connectivity index (χ2n) is 10.9. The predicted octanol–water partition coefficient (Wildman–Crippen LogP) is -0.0706. The molecule has 4 aliphatic rings. The lowest BCUT2D eigenvalue weighted by molar-refractivity contribution is -0.0631. The van der Waals surface area contributed by atoms with Gasteiger partial charge in [-0.25, -0.2) is 19.1 Å². The molecule has 46 heavy (non-hydrogen) atoms. The average Bonchev–Trinajstić information content (AvgIpc) is 3.36. The van der Waals surface area contributed by atoms with Crippen molar-refractivity contribution >= 4 is 72.6 Å². The first-order chi connectivity index (χ1) is 21.8. The van der Waals surface area contributed by atoms with Crippen molar-refractivity contribution in [1.29, 1.82) is 0 Å². The number of aliphatic hydroxyl groups excluding tert-OH is 1. The van der Waals surface area contributed by atoms with Gasteiger partial charge < -0.3 is 35.5 Å². The standard InChI is InChI=1S/C21H23ClN10O11P2S/c22-20-27-15(23)8-16(28-20)31(3-25-8)10-7-12-6(40-13(7)10)2-39-45(37,46)43-14-11(33)5(1-38-44(35,36)42-12)41-19(14)32-4-26-9-17(32)29-21(24)30-18(9)34/h3-7,10-14,19,33H,1-2H2,(H,35,36)(H,37,46)(H2,23,27,28)(H3,24,29,30,34)/t5-,6-,7?,10+,11?,12?,13?,14?,19-,45-/m1/s1. The Morgan fingerprint density at radius 3 is 2.48 bits per heavy atom. The topological polar surface area (TPSA) is 289 Å². The van der Waals surface area contributed by atoms with Gasteiger partial charge in [0, 0.05) is 5.92 Å². The first-order valence-corrected chi connectivity index (χ1v) is 18.1. The van der Waals surface area contributed by atoms with E-state index < -0.39 is 88.2 Å². The maximum absolute atomic E-state index is 13.5. The van der Waals surface area contributed by atoms with Gasteiger partial charge in [0.25, 0.3) is 5.56 Å². The summed E-state index contributed by atoms with van der Waals surface area (Å²) < 4.78 is 63.7. The quantitative estimate of drug-likeness (QED) is 0.0897. The number of imidazole rings is 2. The minimum absolute atomic E-state index is 0.0427. The molecule has 3 aliphatic heterocycles. The molecule has 0 amide bonds.